The summed E-state index contributed by atoms with van der Waals surface area (Å²) in [5, 5.41) is 2.86. The number of imidazole rings is 1. The molecule has 1 atom stereocenters. The number of fused-ring (bicyclic) bond motifs is 1. The molecule has 2 aromatic heterocycles. The van der Waals surface area contributed by atoms with Gasteiger partial charge in [-0.15, -0.1) is 0 Å². The number of rotatable bonds is 6. The molecule has 1 amide bonds. The monoisotopic (exact) mass is 423 g/mol. The summed E-state index contributed by atoms with van der Waals surface area (Å²) in [6.07, 6.45) is 5.95. The van der Waals surface area contributed by atoms with Crippen molar-refractivity contribution in [3.8, 4) is 11.6 Å². The van der Waals surface area contributed by atoms with Crippen molar-refractivity contribution in [1.82, 2.24) is 19.5 Å². The summed E-state index contributed by atoms with van der Waals surface area (Å²) in [6.45, 7) is 3.73. The quantitative estimate of drug-likeness (QED) is 0.485. The van der Waals surface area contributed by atoms with Crippen molar-refractivity contribution in [2.75, 3.05) is 5.32 Å². The number of aromatic nitrogens is 4. The van der Waals surface area contributed by atoms with E-state index in [1.54, 1.807) is 28.8 Å². The fourth-order valence-corrected chi connectivity index (χ4v) is 3.31. The molecule has 7 nitrogen and oxygen atoms in total. The van der Waals surface area contributed by atoms with Gasteiger partial charge < -0.3 is 14.6 Å². The van der Waals surface area contributed by atoms with Gasteiger partial charge in [0.15, 0.2) is 11.6 Å². The van der Waals surface area contributed by atoms with Gasteiger partial charge in [-0.1, -0.05) is 19.9 Å². The summed E-state index contributed by atoms with van der Waals surface area (Å²) >= 11 is 0. The molecule has 0 spiro atoms. The van der Waals surface area contributed by atoms with Gasteiger partial charge in [-0.05, 0) is 18.1 Å². The maximum absolute atomic E-state index is 13.8. The van der Waals surface area contributed by atoms with Crippen molar-refractivity contribution < 1.29 is 18.3 Å². The molecule has 0 aliphatic heterocycles. The van der Waals surface area contributed by atoms with E-state index < -0.39 is 17.7 Å². The number of hydrogen-bond acceptors (Lipinski definition) is 5. The van der Waals surface area contributed by atoms with Crippen LogP contribution in [-0.4, -0.2) is 25.4 Å². The van der Waals surface area contributed by atoms with Crippen molar-refractivity contribution in [3.05, 3.63) is 73.0 Å². The number of nitrogens with one attached hydrogen (secondary N) is 1. The summed E-state index contributed by atoms with van der Waals surface area (Å²) in [6, 6.07) is 8.21. The van der Waals surface area contributed by atoms with Gasteiger partial charge in [-0.2, -0.15) is 0 Å². The minimum absolute atomic E-state index is 0.149. The predicted octanol–water partition coefficient (Wildman–Crippen LogP) is 4.73. The molecule has 1 N–H and O–H groups in total. The van der Waals surface area contributed by atoms with Gasteiger partial charge in [0, 0.05) is 36.3 Å². The highest BCUT2D eigenvalue weighted by atomic mass is 19.2. The van der Waals surface area contributed by atoms with E-state index in [1.165, 1.54) is 24.9 Å². The lowest BCUT2D eigenvalue weighted by molar-refractivity contribution is -0.120. The van der Waals surface area contributed by atoms with E-state index in [0.717, 1.165) is 12.1 Å². The average molecular weight is 423 g/mol. The van der Waals surface area contributed by atoms with Crippen LogP contribution < -0.4 is 10.1 Å². The Hall–Kier alpha value is -3.88. The fraction of sp³-hybridized carbons (Fsp3) is 0.182. The summed E-state index contributed by atoms with van der Waals surface area (Å²) in [5.41, 5.74) is 1.13. The Balaban J connectivity index is 1.59. The Kier molecular flexibility index (Phi) is 5.57. The highest BCUT2D eigenvalue weighted by Crippen LogP contribution is 2.28. The highest BCUT2D eigenvalue weighted by Gasteiger charge is 2.26. The van der Waals surface area contributed by atoms with Crippen LogP contribution in [0.2, 0.25) is 0 Å². The molecule has 0 saturated heterocycles. The second-order valence-electron chi connectivity index (χ2n) is 7.26. The topological polar surface area (TPSA) is 81.9 Å². The van der Waals surface area contributed by atoms with Gasteiger partial charge in [-0.3, -0.25) is 9.78 Å². The molecule has 4 rings (SSSR count). The Morgan fingerprint density at radius 2 is 1.90 bits per heavy atom. The molecule has 4 aromatic rings. The molecule has 0 aliphatic carbocycles. The van der Waals surface area contributed by atoms with Gasteiger partial charge >= 0.3 is 0 Å². The average Bonchev–Trinajstić information content (AvgIpc) is 3.11. The minimum Gasteiger partial charge on any atom is -0.437 e. The van der Waals surface area contributed by atoms with E-state index in [9.17, 15) is 13.6 Å². The minimum atomic E-state index is -0.994. The van der Waals surface area contributed by atoms with Crippen molar-refractivity contribution in [2.24, 2.45) is 5.92 Å². The molecule has 9 heteroatoms. The lowest BCUT2D eigenvalue weighted by Gasteiger charge is -2.22. The SMILES string of the molecule is CC(C)C(C(=O)Nc1cccc(Oc2cnccn2)c1)n1cnc2cc(F)c(F)cc21. The van der Waals surface area contributed by atoms with Crippen LogP contribution in [0, 0.1) is 17.6 Å². The van der Waals surface area contributed by atoms with Crippen LogP contribution in [0.4, 0.5) is 14.5 Å². The van der Waals surface area contributed by atoms with Crippen molar-refractivity contribution in [3.63, 3.8) is 0 Å². The third-order valence-electron chi connectivity index (χ3n) is 4.68. The maximum Gasteiger partial charge on any atom is 0.247 e. The summed E-state index contributed by atoms with van der Waals surface area (Å²) in [4.78, 5) is 25.2. The first-order valence-electron chi connectivity index (χ1n) is 9.59. The number of ether oxygens (including phenoxy) is 1. The molecule has 1 unspecified atom stereocenters. The van der Waals surface area contributed by atoms with Gasteiger partial charge in [-0.25, -0.2) is 18.7 Å². The van der Waals surface area contributed by atoms with Crippen molar-refractivity contribution >= 4 is 22.6 Å². The largest absolute Gasteiger partial charge is 0.437 e. The third kappa shape index (κ3) is 4.35. The van der Waals surface area contributed by atoms with Gasteiger partial charge in [0.2, 0.25) is 11.8 Å². The number of benzene rings is 2. The number of hydrogen-bond donors (Lipinski definition) is 1. The first-order chi connectivity index (χ1) is 14.9. The smallest absolute Gasteiger partial charge is 0.247 e. The Labute approximate surface area is 176 Å². The predicted molar refractivity (Wildman–Crippen MR) is 111 cm³/mol. The first kappa shape index (κ1) is 20.4. The molecule has 0 saturated carbocycles. The zero-order chi connectivity index (χ0) is 22.0. The van der Waals surface area contributed by atoms with Crippen LogP contribution in [0.25, 0.3) is 11.0 Å². The van der Waals surface area contributed by atoms with Crippen LogP contribution >= 0.6 is 0 Å². The van der Waals surface area contributed by atoms with E-state index in [0.29, 0.717) is 22.8 Å². The Morgan fingerprint density at radius 3 is 2.65 bits per heavy atom. The zero-order valence-electron chi connectivity index (χ0n) is 16.8. The van der Waals surface area contributed by atoms with Crippen LogP contribution in [0.5, 0.6) is 11.6 Å². The molecule has 0 fully saturated rings. The molecule has 2 heterocycles. The lowest BCUT2D eigenvalue weighted by atomic mass is 10.0. The Bertz CT molecular complexity index is 1230. The molecule has 0 bridgehead atoms. The molecule has 0 aliphatic rings. The van der Waals surface area contributed by atoms with Gasteiger partial charge in [0.25, 0.3) is 0 Å². The van der Waals surface area contributed by atoms with E-state index >= 15 is 0 Å². The number of carbonyl (C=O) groups excluding carboxylic acids is 1. The van der Waals surface area contributed by atoms with E-state index in [4.69, 9.17) is 4.74 Å². The molecular formula is C22H19F2N5O2. The highest BCUT2D eigenvalue weighted by molar-refractivity contribution is 5.95. The van der Waals surface area contributed by atoms with Crippen molar-refractivity contribution in [2.45, 2.75) is 19.9 Å². The van der Waals surface area contributed by atoms with Gasteiger partial charge in [0.05, 0.1) is 23.6 Å². The summed E-state index contributed by atoms with van der Waals surface area (Å²) < 4.78 is 34.5. The number of carbonyl (C=O) groups is 1. The second-order valence-corrected chi connectivity index (χ2v) is 7.26. The molecule has 2 aromatic carbocycles. The number of anilines is 1. The van der Waals surface area contributed by atoms with E-state index in [-0.39, 0.29) is 17.3 Å². The maximum atomic E-state index is 13.8. The van der Waals surface area contributed by atoms with Crippen molar-refractivity contribution in [1.29, 1.82) is 0 Å². The lowest BCUT2D eigenvalue weighted by Crippen LogP contribution is -2.29. The molecule has 158 valence electrons. The first-order valence-corrected chi connectivity index (χ1v) is 9.59. The van der Waals surface area contributed by atoms with Crippen LogP contribution in [0.3, 0.4) is 0 Å². The van der Waals surface area contributed by atoms with E-state index in [1.807, 2.05) is 13.8 Å². The van der Waals surface area contributed by atoms with Crippen LogP contribution in [0.1, 0.15) is 19.9 Å². The molecular weight excluding hydrogens is 404 g/mol. The Morgan fingerprint density at radius 1 is 1.10 bits per heavy atom. The molecule has 31 heavy (non-hydrogen) atoms. The third-order valence-corrected chi connectivity index (χ3v) is 4.68. The van der Waals surface area contributed by atoms with E-state index in [2.05, 4.69) is 20.3 Å². The summed E-state index contributed by atoms with van der Waals surface area (Å²) in [7, 11) is 0. The summed E-state index contributed by atoms with van der Waals surface area (Å²) in [5.74, 6) is -1.65. The van der Waals surface area contributed by atoms with Crippen LogP contribution in [-0.2, 0) is 4.79 Å². The second kappa shape index (κ2) is 8.47. The zero-order valence-corrected chi connectivity index (χ0v) is 16.8. The number of nitrogens with zero attached hydrogens (tertiary/aromatic N) is 4. The fourth-order valence-electron chi connectivity index (χ4n) is 3.31. The van der Waals surface area contributed by atoms with Gasteiger partial charge in [0.1, 0.15) is 11.8 Å². The normalized spacial score (nSPS) is 12.2. The number of halogens is 2. The molecule has 0 radical (unpaired) electrons. The standard InChI is InChI=1S/C22H19F2N5O2/c1-13(2)21(29-12-27-18-9-16(23)17(24)10-19(18)29)22(30)28-14-4-3-5-15(8-14)31-20-11-25-6-7-26-20/h3-13,21H,1-2H3,(H,28,30). The van der Waals surface area contributed by atoms with Crippen LogP contribution in [0.15, 0.2) is 61.3 Å². The number of amides is 1.